The fourth-order valence-corrected chi connectivity index (χ4v) is 3.64. The Labute approximate surface area is 136 Å². The van der Waals surface area contributed by atoms with E-state index >= 15 is 0 Å². The second-order valence-electron chi connectivity index (χ2n) is 5.91. The van der Waals surface area contributed by atoms with Crippen LogP contribution < -0.4 is 0 Å². The Morgan fingerprint density at radius 1 is 1.09 bits per heavy atom. The Bertz CT molecular complexity index is 624. The maximum absolute atomic E-state index is 12.4. The predicted molar refractivity (Wildman–Crippen MR) is 90.8 cm³/mol. The zero-order valence-corrected chi connectivity index (χ0v) is 13.8. The van der Waals surface area contributed by atoms with Gasteiger partial charge in [0.05, 0.1) is 0 Å². The lowest BCUT2D eigenvalue weighted by Crippen LogP contribution is -2.32. The van der Waals surface area contributed by atoms with Crippen LogP contribution in [0.1, 0.15) is 22.4 Å². The molecule has 0 spiro atoms. The van der Waals surface area contributed by atoms with E-state index in [9.17, 15) is 4.79 Å². The number of rotatable bonds is 4. The number of nitrogens with zero attached hydrogens (tertiary/aromatic N) is 2. The van der Waals surface area contributed by atoms with Crippen molar-refractivity contribution in [2.75, 3.05) is 19.6 Å². The molecule has 1 aliphatic rings. The van der Waals surface area contributed by atoms with E-state index in [-0.39, 0.29) is 5.91 Å². The smallest absolute Gasteiger partial charge is 0.224 e. The van der Waals surface area contributed by atoms with Crippen molar-refractivity contribution in [1.29, 1.82) is 0 Å². The van der Waals surface area contributed by atoms with Gasteiger partial charge < -0.3 is 4.90 Å². The van der Waals surface area contributed by atoms with Gasteiger partial charge >= 0.3 is 0 Å². The van der Waals surface area contributed by atoms with Crippen LogP contribution in [0.4, 0.5) is 0 Å². The van der Waals surface area contributed by atoms with E-state index in [0.717, 1.165) is 32.7 Å². The molecule has 0 bridgehead atoms. The topological polar surface area (TPSA) is 23.6 Å². The summed E-state index contributed by atoms with van der Waals surface area (Å²) in [5.41, 5.74) is 2.47. The molecular weight excluding hydrogens is 292 g/mol. The summed E-state index contributed by atoms with van der Waals surface area (Å²) < 4.78 is 0. The summed E-state index contributed by atoms with van der Waals surface area (Å²) in [4.78, 5) is 18.1. The Balaban J connectivity index is 1.61. The summed E-state index contributed by atoms with van der Waals surface area (Å²) in [5, 5.41) is 2.11. The summed E-state index contributed by atoms with van der Waals surface area (Å²) in [6.07, 6.45) is 0.622. The number of carbonyl (C=O) groups excluding carboxylic acids is 1. The first-order valence-corrected chi connectivity index (χ1v) is 8.67. The third-order valence-corrected chi connectivity index (χ3v) is 4.96. The number of hydrogen-bond donors (Lipinski definition) is 0. The minimum atomic E-state index is 0.273. The van der Waals surface area contributed by atoms with Crippen LogP contribution in [-0.2, 0) is 17.9 Å². The minimum Gasteiger partial charge on any atom is -0.337 e. The molecule has 0 unspecified atom stereocenters. The molecule has 1 saturated heterocycles. The molecule has 0 radical (unpaired) electrons. The molecule has 0 saturated carbocycles. The van der Waals surface area contributed by atoms with Gasteiger partial charge in [-0.2, -0.15) is 0 Å². The van der Waals surface area contributed by atoms with Gasteiger partial charge in [0.15, 0.2) is 0 Å². The standard InChI is InChI=1S/C18H22N2OS/c1-15-4-2-5-16(12-15)13-20-10-9-19(8-7-18(20)21)14-17-6-3-11-22-17/h2-6,11-12H,7-10,13-14H2,1H3. The number of hydrogen-bond acceptors (Lipinski definition) is 3. The summed E-state index contributed by atoms with van der Waals surface area (Å²) in [6.45, 7) is 6.42. The van der Waals surface area contributed by atoms with Crippen molar-refractivity contribution in [3.63, 3.8) is 0 Å². The number of aryl methyl sites for hydroxylation is 1. The minimum absolute atomic E-state index is 0.273. The first kappa shape index (κ1) is 15.3. The highest BCUT2D eigenvalue weighted by Gasteiger charge is 2.21. The third-order valence-electron chi connectivity index (χ3n) is 4.10. The van der Waals surface area contributed by atoms with Crippen LogP contribution in [0.5, 0.6) is 0 Å². The Morgan fingerprint density at radius 3 is 2.77 bits per heavy atom. The highest BCUT2D eigenvalue weighted by atomic mass is 32.1. The second-order valence-corrected chi connectivity index (χ2v) is 6.94. The maximum Gasteiger partial charge on any atom is 0.224 e. The molecule has 22 heavy (non-hydrogen) atoms. The van der Waals surface area contributed by atoms with Crippen LogP contribution in [0.25, 0.3) is 0 Å². The van der Waals surface area contributed by atoms with E-state index < -0.39 is 0 Å². The summed E-state index contributed by atoms with van der Waals surface area (Å²) in [6, 6.07) is 12.7. The van der Waals surface area contributed by atoms with Gasteiger partial charge in [0, 0.05) is 44.0 Å². The molecule has 1 aromatic heterocycles. The normalized spacial score (nSPS) is 16.8. The lowest BCUT2D eigenvalue weighted by molar-refractivity contribution is -0.130. The Morgan fingerprint density at radius 2 is 2.00 bits per heavy atom. The molecule has 3 nitrogen and oxygen atoms in total. The van der Waals surface area contributed by atoms with Gasteiger partial charge in [0.1, 0.15) is 0 Å². The van der Waals surface area contributed by atoms with Gasteiger partial charge in [-0.25, -0.2) is 0 Å². The Kier molecular flexibility index (Phi) is 4.90. The molecule has 0 N–H and O–H groups in total. The third kappa shape index (κ3) is 3.96. The molecule has 2 aromatic rings. The molecular formula is C18H22N2OS. The summed E-state index contributed by atoms with van der Waals surface area (Å²) >= 11 is 1.79. The number of amides is 1. The van der Waals surface area contributed by atoms with Gasteiger partial charge in [-0.05, 0) is 23.9 Å². The van der Waals surface area contributed by atoms with Crippen LogP contribution >= 0.6 is 11.3 Å². The van der Waals surface area contributed by atoms with Crippen LogP contribution in [0, 0.1) is 6.92 Å². The number of thiophene rings is 1. The van der Waals surface area contributed by atoms with Crippen molar-refractivity contribution >= 4 is 17.2 Å². The fraction of sp³-hybridized carbons (Fsp3) is 0.389. The predicted octanol–water partition coefficient (Wildman–Crippen LogP) is 3.29. The molecule has 0 aliphatic carbocycles. The van der Waals surface area contributed by atoms with Gasteiger partial charge in [0.2, 0.25) is 5.91 Å². The van der Waals surface area contributed by atoms with E-state index in [1.807, 2.05) is 4.90 Å². The van der Waals surface area contributed by atoms with Crippen molar-refractivity contribution in [2.24, 2.45) is 0 Å². The van der Waals surface area contributed by atoms with E-state index in [4.69, 9.17) is 0 Å². The first-order valence-electron chi connectivity index (χ1n) is 7.79. The molecule has 116 valence electrons. The zero-order valence-electron chi connectivity index (χ0n) is 13.0. The van der Waals surface area contributed by atoms with Crippen molar-refractivity contribution < 1.29 is 4.79 Å². The van der Waals surface area contributed by atoms with Gasteiger partial charge in [-0.1, -0.05) is 35.9 Å². The highest BCUT2D eigenvalue weighted by molar-refractivity contribution is 7.09. The molecule has 1 aliphatic heterocycles. The summed E-state index contributed by atoms with van der Waals surface area (Å²) in [7, 11) is 0. The van der Waals surface area contributed by atoms with Gasteiger partial charge in [0.25, 0.3) is 0 Å². The van der Waals surface area contributed by atoms with E-state index in [0.29, 0.717) is 6.42 Å². The number of benzene rings is 1. The first-order chi connectivity index (χ1) is 10.7. The van der Waals surface area contributed by atoms with E-state index in [1.54, 1.807) is 11.3 Å². The lowest BCUT2D eigenvalue weighted by Gasteiger charge is -2.22. The van der Waals surface area contributed by atoms with Crippen LogP contribution in [0.3, 0.4) is 0 Å². The lowest BCUT2D eigenvalue weighted by atomic mass is 10.1. The van der Waals surface area contributed by atoms with Crippen LogP contribution in [0.15, 0.2) is 41.8 Å². The maximum atomic E-state index is 12.4. The largest absolute Gasteiger partial charge is 0.337 e. The quantitative estimate of drug-likeness (QED) is 0.864. The van der Waals surface area contributed by atoms with Gasteiger partial charge in [-0.15, -0.1) is 11.3 Å². The summed E-state index contributed by atoms with van der Waals surface area (Å²) in [5.74, 6) is 0.273. The SMILES string of the molecule is Cc1cccc(CN2CCN(Cc3cccs3)CCC2=O)c1. The fourth-order valence-electron chi connectivity index (χ4n) is 2.89. The average molecular weight is 314 g/mol. The van der Waals surface area contributed by atoms with Crippen molar-refractivity contribution in [1.82, 2.24) is 9.80 Å². The molecule has 4 heteroatoms. The van der Waals surface area contributed by atoms with Crippen molar-refractivity contribution in [3.05, 3.63) is 57.8 Å². The van der Waals surface area contributed by atoms with Gasteiger partial charge in [-0.3, -0.25) is 9.69 Å². The molecule has 0 atom stereocenters. The molecule has 1 amide bonds. The highest BCUT2D eigenvalue weighted by Crippen LogP contribution is 2.16. The zero-order chi connectivity index (χ0) is 15.4. The monoisotopic (exact) mass is 314 g/mol. The van der Waals surface area contributed by atoms with E-state index in [2.05, 4.69) is 53.6 Å². The average Bonchev–Trinajstić information content (AvgIpc) is 2.95. The van der Waals surface area contributed by atoms with Crippen LogP contribution in [0.2, 0.25) is 0 Å². The molecule has 1 aromatic carbocycles. The molecule has 3 rings (SSSR count). The van der Waals surface area contributed by atoms with Crippen molar-refractivity contribution in [2.45, 2.75) is 26.4 Å². The Hall–Kier alpha value is -1.65. The van der Waals surface area contributed by atoms with Crippen molar-refractivity contribution in [3.8, 4) is 0 Å². The second kappa shape index (κ2) is 7.07. The molecule has 2 heterocycles. The van der Waals surface area contributed by atoms with Crippen LogP contribution in [-0.4, -0.2) is 35.3 Å². The molecule has 1 fully saturated rings. The van der Waals surface area contributed by atoms with E-state index in [1.165, 1.54) is 16.0 Å². The number of carbonyl (C=O) groups is 1.